The van der Waals surface area contributed by atoms with Gasteiger partial charge in [0.05, 0.1) is 4.88 Å². The number of ether oxygens (including phenoxy) is 2. The van der Waals surface area contributed by atoms with Crippen molar-refractivity contribution >= 4 is 22.9 Å². The van der Waals surface area contributed by atoms with E-state index >= 15 is 0 Å². The van der Waals surface area contributed by atoms with Gasteiger partial charge in [0.1, 0.15) is 0 Å². The smallest absolute Gasteiger partial charge is 0.231 e. The maximum atomic E-state index is 12.0. The molecule has 1 aromatic carbocycles. The largest absolute Gasteiger partial charge is 0.454 e. The van der Waals surface area contributed by atoms with Gasteiger partial charge in [0, 0.05) is 24.6 Å². The van der Waals surface area contributed by atoms with E-state index in [9.17, 15) is 4.79 Å². The Morgan fingerprint density at radius 1 is 1.24 bits per heavy atom. The summed E-state index contributed by atoms with van der Waals surface area (Å²) < 4.78 is 15.8. The third-order valence-electron chi connectivity index (χ3n) is 3.66. The van der Waals surface area contributed by atoms with Gasteiger partial charge in [0.25, 0.3) is 0 Å². The second kappa shape index (κ2) is 6.94. The second-order valence-electron chi connectivity index (χ2n) is 5.46. The lowest BCUT2D eigenvalue weighted by molar-refractivity contribution is -0.116. The molecular weight excluding hydrogens is 342 g/mol. The fourth-order valence-corrected chi connectivity index (χ4v) is 3.11. The van der Waals surface area contributed by atoms with Gasteiger partial charge in [0.2, 0.25) is 24.4 Å². The Balaban J connectivity index is 1.26. The van der Waals surface area contributed by atoms with Crippen LogP contribution in [0.3, 0.4) is 0 Å². The van der Waals surface area contributed by atoms with Gasteiger partial charge in [-0.05, 0) is 30.0 Å². The molecular formula is C17H15N3O4S. The van der Waals surface area contributed by atoms with E-state index in [1.165, 1.54) is 0 Å². The van der Waals surface area contributed by atoms with Crippen molar-refractivity contribution in [2.45, 2.75) is 19.3 Å². The molecule has 128 valence electrons. The van der Waals surface area contributed by atoms with Crippen molar-refractivity contribution in [3.8, 4) is 22.2 Å². The number of nitrogens with zero attached hydrogens (tertiary/aromatic N) is 2. The zero-order valence-electron chi connectivity index (χ0n) is 13.2. The average molecular weight is 357 g/mol. The van der Waals surface area contributed by atoms with Crippen LogP contribution < -0.4 is 14.8 Å². The molecule has 25 heavy (non-hydrogen) atoms. The molecule has 3 aromatic rings. The summed E-state index contributed by atoms with van der Waals surface area (Å²) >= 11 is 1.56. The molecule has 0 spiro atoms. The first-order valence-electron chi connectivity index (χ1n) is 7.84. The van der Waals surface area contributed by atoms with Gasteiger partial charge < -0.3 is 19.3 Å². The topological polar surface area (TPSA) is 86.5 Å². The number of aromatic nitrogens is 2. The van der Waals surface area contributed by atoms with Gasteiger partial charge in [-0.3, -0.25) is 4.79 Å². The summed E-state index contributed by atoms with van der Waals surface area (Å²) in [7, 11) is 0. The number of rotatable bonds is 6. The van der Waals surface area contributed by atoms with Crippen molar-refractivity contribution in [2.24, 2.45) is 0 Å². The van der Waals surface area contributed by atoms with Crippen molar-refractivity contribution in [3.63, 3.8) is 0 Å². The van der Waals surface area contributed by atoms with Crippen LogP contribution in [0.25, 0.3) is 10.7 Å². The average Bonchev–Trinajstić information content (AvgIpc) is 3.35. The number of amides is 1. The second-order valence-corrected chi connectivity index (χ2v) is 6.41. The molecule has 0 bridgehead atoms. The maximum Gasteiger partial charge on any atom is 0.231 e. The van der Waals surface area contributed by atoms with Crippen molar-refractivity contribution < 1.29 is 18.8 Å². The van der Waals surface area contributed by atoms with Crippen LogP contribution in [0.4, 0.5) is 5.69 Å². The monoisotopic (exact) mass is 357 g/mol. The molecule has 2 aromatic heterocycles. The van der Waals surface area contributed by atoms with E-state index in [-0.39, 0.29) is 12.7 Å². The number of aryl methyl sites for hydroxylation is 1. The molecule has 4 rings (SSSR count). The Bertz CT molecular complexity index is 876. The Labute approximate surface area is 147 Å². The molecule has 1 amide bonds. The minimum Gasteiger partial charge on any atom is -0.454 e. The number of hydrogen-bond donors (Lipinski definition) is 1. The van der Waals surface area contributed by atoms with Gasteiger partial charge in [-0.25, -0.2) is 0 Å². The van der Waals surface area contributed by atoms with Crippen molar-refractivity contribution in [2.75, 3.05) is 12.1 Å². The number of anilines is 1. The Kier molecular flexibility index (Phi) is 4.34. The van der Waals surface area contributed by atoms with E-state index in [0.29, 0.717) is 48.2 Å². The van der Waals surface area contributed by atoms with E-state index in [2.05, 4.69) is 15.5 Å². The van der Waals surface area contributed by atoms with E-state index < -0.39 is 0 Å². The maximum absolute atomic E-state index is 12.0. The van der Waals surface area contributed by atoms with Crippen molar-refractivity contribution in [1.82, 2.24) is 10.1 Å². The van der Waals surface area contributed by atoms with E-state index in [1.54, 1.807) is 29.5 Å². The summed E-state index contributed by atoms with van der Waals surface area (Å²) in [5, 5.41) is 8.77. The fraction of sp³-hybridized carbons (Fsp3) is 0.235. The third-order valence-corrected chi connectivity index (χ3v) is 4.53. The van der Waals surface area contributed by atoms with Crippen LogP contribution in [0.15, 0.2) is 40.2 Å². The van der Waals surface area contributed by atoms with Crippen LogP contribution in [-0.2, 0) is 11.2 Å². The molecule has 0 saturated heterocycles. The predicted molar refractivity (Wildman–Crippen MR) is 91.7 cm³/mol. The Hall–Kier alpha value is -2.87. The number of carbonyl (C=O) groups excluding carboxylic acids is 1. The first-order valence-corrected chi connectivity index (χ1v) is 8.72. The lowest BCUT2D eigenvalue weighted by Crippen LogP contribution is -2.11. The zero-order valence-corrected chi connectivity index (χ0v) is 14.0. The van der Waals surface area contributed by atoms with E-state index in [4.69, 9.17) is 14.0 Å². The van der Waals surface area contributed by atoms with Crippen LogP contribution in [0, 0.1) is 0 Å². The molecule has 0 atom stereocenters. The van der Waals surface area contributed by atoms with Gasteiger partial charge in [0.15, 0.2) is 11.5 Å². The summed E-state index contributed by atoms with van der Waals surface area (Å²) in [6.45, 7) is 0.213. The summed E-state index contributed by atoms with van der Waals surface area (Å²) in [4.78, 5) is 17.4. The molecule has 3 heterocycles. The minimum atomic E-state index is -0.0724. The molecule has 0 radical (unpaired) electrons. The van der Waals surface area contributed by atoms with Crippen LogP contribution in [0.5, 0.6) is 11.5 Å². The predicted octanol–water partition coefficient (Wildman–Crippen LogP) is 3.49. The van der Waals surface area contributed by atoms with E-state index in [1.807, 2.05) is 17.5 Å². The van der Waals surface area contributed by atoms with Crippen LogP contribution >= 0.6 is 11.3 Å². The lowest BCUT2D eigenvalue weighted by atomic mass is 10.2. The molecule has 8 heteroatoms. The normalized spacial score (nSPS) is 12.3. The molecule has 0 unspecified atom stereocenters. The molecule has 0 saturated carbocycles. The molecule has 1 N–H and O–H groups in total. The molecule has 0 aliphatic carbocycles. The standard InChI is InChI=1S/C17H15N3O4S/c21-15(18-11-6-7-12-13(9-11)23-10-22-12)4-1-5-16-19-17(20-24-16)14-3-2-8-25-14/h2-3,6-9H,1,4-5,10H2,(H,18,21). The summed E-state index contributed by atoms with van der Waals surface area (Å²) in [5.74, 6) is 2.40. The molecule has 0 fully saturated rings. The van der Waals surface area contributed by atoms with Crippen LogP contribution in [-0.4, -0.2) is 22.8 Å². The molecule has 1 aliphatic rings. The third kappa shape index (κ3) is 3.63. The van der Waals surface area contributed by atoms with Gasteiger partial charge in [-0.2, -0.15) is 4.98 Å². The highest BCUT2D eigenvalue weighted by Crippen LogP contribution is 2.34. The SMILES string of the molecule is O=C(CCCc1nc(-c2cccs2)no1)Nc1ccc2c(c1)OCO2. The zero-order chi connectivity index (χ0) is 17.1. The Morgan fingerprint density at radius 3 is 3.04 bits per heavy atom. The quantitative estimate of drug-likeness (QED) is 0.727. The van der Waals surface area contributed by atoms with Crippen molar-refractivity contribution in [3.05, 3.63) is 41.6 Å². The fourth-order valence-electron chi connectivity index (χ4n) is 2.46. The highest BCUT2D eigenvalue weighted by Gasteiger charge is 2.14. The number of carbonyl (C=O) groups is 1. The molecule has 1 aliphatic heterocycles. The van der Waals surface area contributed by atoms with Crippen LogP contribution in [0.1, 0.15) is 18.7 Å². The minimum absolute atomic E-state index is 0.0724. The molecule has 7 nitrogen and oxygen atoms in total. The van der Waals surface area contributed by atoms with Gasteiger partial charge in [-0.1, -0.05) is 11.2 Å². The van der Waals surface area contributed by atoms with Crippen LogP contribution in [0.2, 0.25) is 0 Å². The first kappa shape index (κ1) is 15.6. The van der Waals surface area contributed by atoms with E-state index in [0.717, 1.165) is 4.88 Å². The number of thiophene rings is 1. The van der Waals surface area contributed by atoms with Gasteiger partial charge in [-0.15, -0.1) is 11.3 Å². The number of benzene rings is 1. The number of nitrogens with one attached hydrogen (secondary N) is 1. The van der Waals surface area contributed by atoms with Gasteiger partial charge >= 0.3 is 0 Å². The first-order chi connectivity index (χ1) is 12.3. The Morgan fingerprint density at radius 2 is 2.16 bits per heavy atom. The number of fused-ring (bicyclic) bond motifs is 1. The summed E-state index contributed by atoms with van der Waals surface area (Å²) in [6, 6.07) is 9.21. The summed E-state index contributed by atoms with van der Waals surface area (Å²) in [5.41, 5.74) is 0.687. The highest BCUT2D eigenvalue weighted by atomic mass is 32.1. The highest BCUT2D eigenvalue weighted by molar-refractivity contribution is 7.13. The van der Waals surface area contributed by atoms with Crippen molar-refractivity contribution in [1.29, 1.82) is 0 Å². The number of hydrogen-bond acceptors (Lipinski definition) is 7. The lowest BCUT2D eigenvalue weighted by Gasteiger charge is -2.05. The summed E-state index contributed by atoms with van der Waals surface area (Å²) in [6.07, 6.45) is 1.56.